The van der Waals surface area contributed by atoms with Gasteiger partial charge >= 0.3 is 5.97 Å². The molecule has 5 nitrogen and oxygen atoms in total. The number of hydrogen-bond donors (Lipinski definition) is 1. The van der Waals surface area contributed by atoms with Gasteiger partial charge in [-0.3, -0.25) is 0 Å². The maximum atomic E-state index is 11.4. The van der Waals surface area contributed by atoms with Crippen LogP contribution in [-0.4, -0.2) is 31.9 Å². The average Bonchev–Trinajstić information content (AvgIpc) is 2.67. The van der Waals surface area contributed by atoms with E-state index in [0.29, 0.717) is 30.9 Å². The van der Waals surface area contributed by atoms with Gasteiger partial charge in [0.2, 0.25) is 0 Å². The third-order valence-corrected chi connectivity index (χ3v) is 3.64. The summed E-state index contributed by atoms with van der Waals surface area (Å²) in [7, 11) is 2.87. The van der Waals surface area contributed by atoms with Gasteiger partial charge in [0, 0.05) is 18.6 Å². The number of carbonyl (C=O) groups is 1. The quantitative estimate of drug-likeness (QED) is 0.578. The van der Waals surface area contributed by atoms with Crippen LogP contribution in [0, 0.1) is 11.8 Å². The van der Waals surface area contributed by atoms with Crippen LogP contribution in [0.1, 0.15) is 34.3 Å². The number of unbranched alkanes of at least 4 members (excludes halogenated alkanes) is 1. The topological polar surface area (TPSA) is 65.0 Å². The summed E-state index contributed by atoms with van der Waals surface area (Å²) < 4.78 is 15.9. The molecule has 0 fully saturated rings. The highest BCUT2D eigenvalue weighted by atomic mass is 16.5. The zero-order valence-corrected chi connectivity index (χ0v) is 15.0. The lowest BCUT2D eigenvalue weighted by atomic mass is 10.1. The van der Waals surface area contributed by atoms with Crippen LogP contribution in [-0.2, 0) is 11.3 Å². The summed E-state index contributed by atoms with van der Waals surface area (Å²) in [6.45, 7) is 1.21. The van der Waals surface area contributed by atoms with Crippen molar-refractivity contribution < 1.29 is 24.1 Å². The molecular weight excluding hydrogens is 332 g/mol. The molecule has 0 spiro atoms. The molecule has 0 heterocycles. The van der Waals surface area contributed by atoms with Crippen molar-refractivity contribution in [2.45, 2.75) is 19.4 Å². The Bertz CT molecular complexity index is 787. The van der Waals surface area contributed by atoms with E-state index in [1.807, 2.05) is 30.3 Å². The van der Waals surface area contributed by atoms with E-state index in [-0.39, 0.29) is 11.3 Å². The fraction of sp³-hybridized carbons (Fsp3) is 0.286. The van der Waals surface area contributed by atoms with Crippen molar-refractivity contribution in [1.82, 2.24) is 0 Å². The Morgan fingerprint density at radius 3 is 2.54 bits per heavy atom. The Kier molecular flexibility index (Phi) is 7.53. The molecule has 0 aliphatic rings. The van der Waals surface area contributed by atoms with Crippen LogP contribution in [0.15, 0.2) is 42.5 Å². The Morgan fingerprint density at radius 1 is 1.12 bits per heavy atom. The molecular formula is C21H22O5. The smallest absolute Gasteiger partial charge is 0.339 e. The zero-order valence-electron chi connectivity index (χ0n) is 15.0. The molecule has 0 bridgehead atoms. The van der Waals surface area contributed by atoms with Crippen molar-refractivity contribution in [3.05, 3.63) is 59.2 Å². The maximum Gasteiger partial charge on any atom is 0.339 e. The van der Waals surface area contributed by atoms with Gasteiger partial charge in [0.15, 0.2) is 11.5 Å². The van der Waals surface area contributed by atoms with Crippen LogP contribution >= 0.6 is 0 Å². The number of aromatic carboxylic acids is 1. The summed E-state index contributed by atoms with van der Waals surface area (Å²) in [6, 6.07) is 13.2. The maximum absolute atomic E-state index is 11.4. The Morgan fingerprint density at radius 2 is 1.88 bits per heavy atom. The zero-order chi connectivity index (χ0) is 18.8. The Labute approximate surface area is 153 Å². The van der Waals surface area contributed by atoms with Gasteiger partial charge in [0.05, 0.1) is 20.8 Å². The SMILES string of the molecule is COc1cc(C#CCCCOCc2ccccc2)cc(C(=O)O)c1OC. The highest BCUT2D eigenvalue weighted by Gasteiger charge is 2.17. The van der Waals surface area contributed by atoms with Crippen LogP contribution in [0.25, 0.3) is 0 Å². The minimum atomic E-state index is -1.09. The van der Waals surface area contributed by atoms with E-state index in [2.05, 4.69) is 11.8 Å². The lowest BCUT2D eigenvalue weighted by molar-refractivity contribution is 0.0692. The van der Waals surface area contributed by atoms with Gasteiger partial charge in [-0.1, -0.05) is 42.2 Å². The molecule has 2 aromatic rings. The van der Waals surface area contributed by atoms with E-state index in [1.165, 1.54) is 20.3 Å². The molecule has 0 radical (unpaired) electrons. The molecule has 2 rings (SSSR count). The molecule has 0 amide bonds. The van der Waals surface area contributed by atoms with Crippen molar-refractivity contribution >= 4 is 5.97 Å². The second-order valence-corrected chi connectivity index (χ2v) is 5.51. The molecule has 0 aromatic heterocycles. The summed E-state index contributed by atoms with van der Waals surface area (Å²) in [5.41, 5.74) is 1.75. The van der Waals surface area contributed by atoms with Gasteiger partial charge in [-0.2, -0.15) is 0 Å². The van der Waals surface area contributed by atoms with Crippen molar-refractivity contribution in [2.24, 2.45) is 0 Å². The molecule has 1 N–H and O–H groups in total. The number of rotatable bonds is 8. The van der Waals surface area contributed by atoms with E-state index in [4.69, 9.17) is 14.2 Å². The van der Waals surface area contributed by atoms with Crippen LogP contribution in [0.5, 0.6) is 11.5 Å². The number of carboxylic acids is 1. The number of benzene rings is 2. The lowest BCUT2D eigenvalue weighted by Crippen LogP contribution is -2.03. The summed E-state index contributed by atoms with van der Waals surface area (Å²) in [5, 5.41) is 9.30. The van der Waals surface area contributed by atoms with Crippen molar-refractivity contribution in [2.75, 3.05) is 20.8 Å². The molecule has 0 aliphatic heterocycles. The highest BCUT2D eigenvalue weighted by Crippen LogP contribution is 2.32. The van der Waals surface area contributed by atoms with E-state index in [9.17, 15) is 9.90 Å². The van der Waals surface area contributed by atoms with Crippen LogP contribution in [0.2, 0.25) is 0 Å². The van der Waals surface area contributed by atoms with Gasteiger partial charge < -0.3 is 19.3 Å². The van der Waals surface area contributed by atoms with E-state index >= 15 is 0 Å². The molecule has 26 heavy (non-hydrogen) atoms. The van der Waals surface area contributed by atoms with Crippen molar-refractivity contribution in [1.29, 1.82) is 0 Å². The summed E-state index contributed by atoms with van der Waals surface area (Å²) in [5.74, 6) is 5.47. The van der Waals surface area contributed by atoms with E-state index < -0.39 is 5.97 Å². The monoisotopic (exact) mass is 354 g/mol. The van der Waals surface area contributed by atoms with Crippen LogP contribution in [0.4, 0.5) is 0 Å². The third kappa shape index (κ3) is 5.54. The molecule has 0 saturated heterocycles. The standard InChI is InChI=1S/C21H22O5/c1-24-19-14-17(13-18(21(22)23)20(19)25-2)11-7-4-8-12-26-15-16-9-5-3-6-10-16/h3,5-6,9-10,13-14H,4,8,12,15H2,1-2H3,(H,22,23). The van der Waals surface area contributed by atoms with Crippen molar-refractivity contribution in [3.8, 4) is 23.3 Å². The molecule has 2 aromatic carbocycles. The normalized spacial score (nSPS) is 9.92. The predicted octanol–water partition coefficient (Wildman–Crippen LogP) is 3.75. The van der Waals surface area contributed by atoms with E-state index in [0.717, 1.165) is 12.0 Å². The van der Waals surface area contributed by atoms with Gasteiger partial charge in [-0.25, -0.2) is 4.79 Å². The summed E-state index contributed by atoms with van der Waals surface area (Å²) in [4.78, 5) is 11.4. The molecule has 0 unspecified atom stereocenters. The van der Waals surface area contributed by atoms with Gasteiger partial charge in [0.1, 0.15) is 5.56 Å². The molecule has 0 atom stereocenters. The van der Waals surface area contributed by atoms with E-state index in [1.54, 1.807) is 6.07 Å². The first kappa shape index (κ1) is 19.4. The number of carboxylic acid groups (broad SMARTS) is 1. The first-order valence-corrected chi connectivity index (χ1v) is 8.25. The number of ether oxygens (including phenoxy) is 3. The first-order chi connectivity index (χ1) is 12.7. The minimum Gasteiger partial charge on any atom is -0.493 e. The number of hydrogen-bond acceptors (Lipinski definition) is 4. The molecule has 0 aliphatic carbocycles. The fourth-order valence-corrected chi connectivity index (χ4v) is 2.39. The third-order valence-electron chi connectivity index (χ3n) is 3.64. The fourth-order valence-electron chi connectivity index (χ4n) is 2.39. The Balaban J connectivity index is 1.89. The highest BCUT2D eigenvalue weighted by molar-refractivity contribution is 5.92. The first-order valence-electron chi connectivity index (χ1n) is 8.25. The lowest BCUT2D eigenvalue weighted by Gasteiger charge is -2.10. The Hall–Kier alpha value is -2.97. The van der Waals surface area contributed by atoms with Crippen LogP contribution < -0.4 is 9.47 Å². The molecule has 0 saturated carbocycles. The number of methoxy groups -OCH3 is 2. The average molecular weight is 354 g/mol. The van der Waals surface area contributed by atoms with Crippen LogP contribution in [0.3, 0.4) is 0 Å². The van der Waals surface area contributed by atoms with Gasteiger partial charge in [-0.05, 0) is 24.1 Å². The predicted molar refractivity (Wildman–Crippen MR) is 98.7 cm³/mol. The minimum absolute atomic E-state index is 0.0299. The van der Waals surface area contributed by atoms with Gasteiger partial charge in [0.25, 0.3) is 0 Å². The second kappa shape index (κ2) is 10.1. The van der Waals surface area contributed by atoms with Gasteiger partial charge in [-0.15, -0.1) is 0 Å². The second-order valence-electron chi connectivity index (χ2n) is 5.51. The summed E-state index contributed by atoms with van der Waals surface area (Å²) >= 11 is 0. The molecule has 5 heteroatoms. The summed E-state index contributed by atoms with van der Waals surface area (Å²) in [6.07, 6.45) is 1.46. The van der Waals surface area contributed by atoms with Crippen molar-refractivity contribution in [3.63, 3.8) is 0 Å². The molecule has 136 valence electrons. The largest absolute Gasteiger partial charge is 0.493 e.